The molecule has 0 bridgehead atoms. The maximum atomic E-state index is 11.7. The summed E-state index contributed by atoms with van der Waals surface area (Å²) in [5.74, 6) is -1.60. The highest BCUT2D eigenvalue weighted by Gasteiger charge is 2.28. The number of hydrogen-bond acceptors (Lipinski definition) is 3. The highest BCUT2D eigenvalue weighted by molar-refractivity contribution is 5.83. The molecule has 0 spiro atoms. The van der Waals surface area contributed by atoms with Crippen LogP contribution in [0.25, 0.3) is 0 Å². The monoisotopic (exact) mass is 251 g/mol. The summed E-state index contributed by atoms with van der Waals surface area (Å²) in [4.78, 5) is 22.5. The van der Waals surface area contributed by atoms with Gasteiger partial charge in [0.1, 0.15) is 0 Å². The molecule has 18 heavy (non-hydrogen) atoms. The van der Waals surface area contributed by atoms with Crippen LogP contribution in [0, 0.1) is 5.41 Å². The summed E-state index contributed by atoms with van der Waals surface area (Å²) in [6.45, 7) is 2.97. The van der Waals surface area contributed by atoms with Crippen LogP contribution in [0.15, 0.2) is 30.3 Å². The van der Waals surface area contributed by atoms with E-state index in [1.807, 2.05) is 0 Å². The minimum Gasteiger partial charge on any atom is -0.481 e. The Morgan fingerprint density at radius 2 is 1.83 bits per heavy atom. The van der Waals surface area contributed by atoms with Crippen molar-refractivity contribution >= 4 is 11.9 Å². The lowest BCUT2D eigenvalue weighted by Crippen LogP contribution is -2.40. The second-order valence-corrected chi connectivity index (χ2v) is 4.72. The van der Waals surface area contributed by atoms with E-state index in [1.54, 1.807) is 30.3 Å². The van der Waals surface area contributed by atoms with E-state index < -0.39 is 23.4 Å². The summed E-state index contributed by atoms with van der Waals surface area (Å²) in [5, 5.41) is 21.1. The van der Waals surface area contributed by atoms with Gasteiger partial charge in [-0.3, -0.25) is 9.59 Å². The van der Waals surface area contributed by atoms with Crippen LogP contribution in [-0.2, 0) is 9.59 Å². The highest BCUT2D eigenvalue weighted by Crippen LogP contribution is 2.15. The summed E-state index contributed by atoms with van der Waals surface area (Å²) in [6, 6.07) is 8.47. The molecule has 1 rings (SSSR count). The van der Waals surface area contributed by atoms with Crippen molar-refractivity contribution in [2.45, 2.75) is 20.0 Å². The number of amides is 1. The van der Waals surface area contributed by atoms with Gasteiger partial charge in [-0.15, -0.1) is 0 Å². The summed E-state index contributed by atoms with van der Waals surface area (Å²) in [5.41, 5.74) is -0.588. The molecule has 1 unspecified atom stereocenters. The third-order valence-electron chi connectivity index (χ3n) is 2.65. The van der Waals surface area contributed by atoms with Gasteiger partial charge in [0, 0.05) is 6.54 Å². The van der Waals surface area contributed by atoms with Crippen LogP contribution in [0.2, 0.25) is 0 Å². The molecule has 1 atom stereocenters. The molecule has 5 nitrogen and oxygen atoms in total. The van der Waals surface area contributed by atoms with Crippen molar-refractivity contribution in [2.75, 3.05) is 6.54 Å². The number of nitrogens with one attached hydrogen (secondary N) is 1. The number of carbonyl (C=O) groups is 2. The fourth-order valence-corrected chi connectivity index (χ4v) is 1.27. The largest absolute Gasteiger partial charge is 0.481 e. The number of hydrogen-bond donors (Lipinski definition) is 3. The minimum atomic E-state index is -1.28. The normalized spacial score (nSPS) is 12.8. The van der Waals surface area contributed by atoms with Gasteiger partial charge in [0.2, 0.25) is 0 Å². The third kappa shape index (κ3) is 3.56. The van der Waals surface area contributed by atoms with Gasteiger partial charge < -0.3 is 15.5 Å². The Morgan fingerprint density at radius 1 is 1.28 bits per heavy atom. The van der Waals surface area contributed by atoms with Crippen molar-refractivity contribution in [3.8, 4) is 0 Å². The summed E-state index contributed by atoms with van der Waals surface area (Å²) >= 11 is 0. The first kappa shape index (κ1) is 14.2. The average Bonchev–Trinajstić information content (AvgIpc) is 2.36. The molecule has 0 aliphatic rings. The maximum Gasteiger partial charge on any atom is 0.310 e. The molecule has 1 aromatic carbocycles. The Bertz CT molecular complexity index is 428. The lowest BCUT2D eigenvalue weighted by atomic mass is 9.94. The SMILES string of the molecule is CC(C)(CNC(=O)C(O)c1ccccc1)C(=O)O. The predicted molar refractivity (Wildman–Crippen MR) is 65.8 cm³/mol. The van der Waals surface area contributed by atoms with Crippen molar-refractivity contribution in [3.63, 3.8) is 0 Å². The first-order chi connectivity index (χ1) is 8.34. The van der Waals surface area contributed by atoms with E-state index in [-0.39, 0.29) is 6.54 Å². The van der Waals surface area contributed by atoms with Gasteiger partial charge in [0.05, 0.1) is 5.41 Å². The van der Waals surface area contributed by atoms with E-state index in [0.29, 0.717) is 5.56 Å². The van der Waals surface area contributed by atoms with Crippen LogP contribution in [0.5, 0.6) is 0 Å². The predicted octanol–water partition coefficient (Wildman–Crippen LogP) is 0.947. The fourth-order valence-electron chi connectivity index (χ4n) is 1.27. The Balaban J connectivity index is 2.59. The van der Waals surface area contributed by atoms with Crippen molar-refractivity contribution in [2.24, 2.45) is 5.41 Å². The average molecular weight is 251 g/mol. The quantitative estimate of drug-likeness (QED) is 0.727. The van der Waals surface area contributed by atoms with E-state index in [0.717, 1.165) is 0 Å². The molecule has 98 valence electrons. The molecule has 0 saturated heterocycles. The number of aliphatic hydroxyl groups excluding tert-OH is 1. The van der Waals surface area contributed by atoms with E-state index in [2.05, 4.69) is 5.32 Å². The number of carbonyl (C=O) groups excluding carboxylic acids is 1. The minimum absolute atomic E-state index is 0.0366. The van der Waals surface area contributed by atoms with E-state index >= 15 is 0 Å². The molecule has 0 fully saturated rings. The van der Waals surface area contributed by atoms with E-state index in [4.69, 9.17) is 5.11 Å². The maximum absolute atomic E-state index is 11.7. The number of benzene rings is 1. The lowest BCUT2D eigenvalue weighted by Gasteiger charge is -2.20. The Morgan fingerprint density at radius 3 is 2.33 bits per heavy atom. The smallest absolute Gasteiger partial charge is 0.310 e. The van der Waals surface area contributed by atoms with Crippen LogP contribution in [0.4, 0.5) is 0 Å². The van der Waals surface area contributed by atoms with Crippen LogP contribution in [0.3, 0.4) is 0 Å². The third-order valence-corrected chi connectivity index (χ3v) is 2.65. The molecule has 0 aromatic heterocycles. The van der Waals surface area contributed by atoms with Gasteiger partial charge in [0.25, 0.3) is 5.91 Å². The summed E-state index contributed by atoms with van der Waals surface area (Å²) < 4.78 is 0. The van der Waals surface area contributed by atoms with Crippen LogP contribution in [-0.4, -0.2) is 28.6 Å². The number of carboxylic acids is 1. The molecule has 0 saturated carbocycles. The molecule has 0 aliphatic carbocycles. The first-order valence-corrected chi connectivity index (χ1v) is 5.59. The first-order valence-electron chi connectivity index (χ1n) is 5.59. The van der Waals surface area contributed by atoms with E-state index in [9.17, 15) is 14.7 Å². The number of rotatable bonds is 5. The lowest BCUT2D eigenvalue weighted by molar-refractivity contribution is -0.147. The fraction of sp³-hybridized carbons (Fsp3) is 0.385. The molecule has 0 radical (unpaired) electrons. The molecular formula is C13H17NO4. The van der Waals surface area contributed by atoms with Gasteiger partial charge in [-0.05, 0) is 19.4 Å². The Labute approximate surface area is 105 Å². The zero-order valence-electron chi connectivity index (χ0n) is 10.4. The topological polar surface area (TPSA) is 86.6 Å². The van der Waals surface area contributed by atoms with Gasteiger partial charge in [-0.25, -0.2) is 0 Å². The number of aliphatic carboxylic acids is 1. The highest BCUT2D eigenvalue weighted by atomic mass is 16.4. The molecular weight excluding hydrogens is 234 g/mol. The zero-order valence-corrected chi connectivity index (χ0v) is 10.4. The number of carboxylic acid groups (broad SMARTS) is 1. The van der Waals surface area contributed by atoms with Crippen LogP contribution >= 0.6 is 0 Å². The zero-order chi connectivity index (χ0) is 13.8. The Kier molecular flexibility index (Phi) is 4.44. The molecule has 5 heteroatoms. The molecule has 0 heterocycles. The molecule has 3 N–H and O–H groups in total. The van der Waals surface area contributed by atoms with Crippen molar-refractivity contribution in [1.82, 2.24) is 5.32 Å². The number of aliphatic hydroxyl groups is 1. The summed E-state index contributed by atoms with van der Waals surface area (Å²) in [7, 11) is 0. The van der Waals surface area contributed by atoms with Gasteiger partial charge in [-0.1, -0.05) is 30.3 Å². The van der Waals surface area contributed by atoms with Gasteiger partial charge in [0.15, 0.2) is 6.10 Å². The molecule has 0 aliphatic heterocycles. The second kappa shape index (κ2) is 5.64. The molecule has 1 amide bonds. The van der Waals surface area contributed by atoms with Crippen LogP contribution < -0.4 is 5.32 Å². The molecule has 1 aromatic rings. The van der Waals surface area contributed by atoms with Gasteiger partial charge >= 0.3 is 5.97 Å². The van der Waals surface area contributed by atoms with Gasteiger partial charge in [-0.2, -0.15) is 0 Å². The van der Waals surface area contributed by atoms with Crippen LogP contribution in [0.1, 0.15) is 25.5 Å². The van der Waals surface area contributed by atoms with Crippen molar-refractivity contribution in [3.05, 3.63) is 35.9 Å². The Hall–Kier alpha value is -1.88. The van der Waals surface area contributed by atoms with Crippen molar-refractivity contribution < 1.29 is 19.8 Å². The van der Waals surface area contributed by atoms with Crippen molar-refractivity contribution in [1.29, 1.82) is 0 Å². The standard InChI is InChI=1S/C13H17NO4/c1-13(2,12(17)18)8-14-11(16)10(15)9-6-4-3-5-7-9/h3-7,10,15H,8H2,1-2H3,(H,14,16)(H,17,18). The van der Waals surface area contributed by atoms with E-state index in [1.165, 1.54) is 13.8 Å². The summed E-state index contributed by atoms with van der Waals surface area (Å²) in [6.07, 6.45) is -1.28. The second-order valence-electron chi connectivity index (χ2n) is 4.72.